The van der Waals surface area contributed by atoms with Crippen LogP contribution in [0, 0.1) is 0 Å². The number of nitrogens with one attached hydrogen (secondary N) is 2. The van der Waals surface area contributed by atoms with Gasteiger partial charge >= 0.3 is 0 Å². The molecular formula is C22H23N5O2S. The highest BCUT2D eigenvalue weighted by molar-refractivity contribution is 7.80. The number of hydrogen-bond acceptors (Lipinski definition) is 4. The van der Waals surface area contributed by atoms with E-state index in [4.69, 9.17) is 17.0 Å². The number of carbonyl (C=O) groups excluding carboxylic acids is 1. The van der Waals surface area contributed by atoms with Crippen LogP contribution >= 0.6 is 12.2 Å². The summed E-state index contributed by atoms with van der Waals surface area (Å²) in [6.45, 7) is 0.0171. The van der Waals surface area contributed by atoms with E-state index in [0.717, 1.165) is 17.1 Å². The number of benzene rings is 1. The Labute approximate surface area is 180 Å². The lowest BCUT2D eigenvalue weighted by Gasteiger charge is -2.28. The first-order valence-corrected chi connectivity index (χ1v) is 10.00. The van der Waals surface area contributed by atoms with E-state index in [1.165, 1.54) is 7.11 Å². The topological polar surface area (TPSA) is 71.4 Å². The second-order valence-electron chi connectivity index (χ2n) is 7.07. The molecule has 2 atom stereocenters. The van der Waals surface area contributed by atoms with Gasteiger partial charge < -0.3 is 24.8 Å². The number of carbonyl (C=O) groups is 1. The lowest BCUT2D eigenvalue weighted by atomic mass is 10.0. The molecule has 3 aromatic rings. The van der Waals surface area contributed by atoms with Gasteiger partial charge in [0.2, 0.25) is 5.91 Å². The summed E-state index contributed by atoms with van der Waals surface area (Å²) in [5, 5.41) is 6.88. The number of thiocarbonyl (C=S) groups is 1. The number of aromatic nitrogens is 2. The number of hydrogen-bond donors (Lipinski definition) is 2. The van der Waals surface area contributed by atoms with Crippen LogP contribution in [0.25, 0.3) is 0 Å². The fourth-order valence-electron chi connectivity index (χ4n) is 3.75. The molecule has 0 bridgehead atoms. The molecule has 1 aliphatic rings. The van der Waals surface area contributed by atoms with E-state index in [9.17, 15) is 4.79 Å². The van der Waals surface area contributed by atoms with Crippen LogP contribution < -0.4 is 15.5 Å². The molecular weight excluding hydrogens is 398 g/mol. The van der Waals surface area contributed by atoms with Crippen molar-refractivity contribution in [3.05, 3.63) is 78.4 Å². The maximum atomic E-state index is 11.8. The van der Waals surface area contributed by atoms with Gasteiger partial charge in [0, 0.05) is 43.6 Å². The van der Waals surface area contributed by atoms with Crippen LogP contribution in [0.4, 0.5) is 11.4 Å². The predicted octanol–water partition coefficient (Wildman–Crippen LogP) is 3.18. The molecule has 0 saturated carbocycles. The van der Waals surface area contributed by atoms with Crippen molar-refractivity contribution in [3.63, 3.8) is 0 Å². The normalized spacial score (nSPS) is 18.3. The number of anilines is 2. The minimum absolute atomic E-state index is 0.0171. The van der Waals surface area contributed by atoms with Gasteiger partial charge in [0.05, 0.1) is 11.7 Å². The summed E-state index contributed by atoms with van der Waals surface area (Å²) in [5.41, 5.74) is 3.69. The van der Waals surface area contributed by atoms with Gasteiger partial charge in [-0.15, -0.1) is 0 Å². The smallest absolute Gasteiger partial charge is 0.250 e. The van der Waals surface area contributed by atoms with Crippen molar-refractivity contribution < 1.29 is 9.53 Å². The highest BCUT2D eigenvalue weighted by Crippen LogP contribution is 2.41. The Hall–Kier alpha value is -3.23. The summed E-state index contributed by atoms with van der Waals surface area (Å²) in [5.74, 6) is -0.194. The van der Waals surface area contributed by atoms with Crippen LogP contribution in [0.5, 0.6) is 0 Å². The van der Waals surface area contributed by atoms with Gasteiger partial charge in [-0.05, 0) is 60.7 Å². The first kappa shape index (κ1) is 20.1. The van der Waals surface area contributed by atoms with Crippen LogP contribution in [0.15, 0.2) is 67.0 Å². The Balaban J connectivity index is 1.68. The molecule has 8 heteroatoms. The molecule has 1 aliphatic heterocycles. The fraction of sp³-hybridized carbons (Fsp3) is 0.227. The number of ether oxygens (including phenoxy) is 1. The Morgan fingerprint density at radius 3 is 2.63 bits per heavy atom. The molecule has 1 fully saturated rings. The first-order chi connectivity index (χ1) is 14.6. The highest BCUT2D eigenvalue weighted by atomic mass is 32.1. The molecule has 0 unspecified atom stereocenters. The highest BCUT2D eigenvalue weighted by Gasteiger charge is 2.41. The van der Waals surface area contributed by atoms with Gasteiger partial charge in [-0.2, -0.15) is 0 Å². The third-order valence-electron chi connectivity index (χ3n) is 5.09. The van der Waals surface area contributed by atoms with Crippen LogP contribution in [0.3, 0.4) is 0 Å². The predicted molar refractivity (Wildman–Crippen MR) is 120 cm³/mol. The van der Waals surface area contributed by atoms with E-state index >= 15 is 0 Å². The summed E-state index contributed by atoms with van der Waals surface area (Å²) >= 11 is 5.72. The van der Waals surface area contributed by atoms with Gasteiger partial charge in [0.25, 0.3) is 0 Å². The minimum atomic E-state index is -0.194. The zero-order chi connectivity index (χ0) is 21.1. The number of methoxy groups -OCH3 is 1. The molecule has 2 N–H and O–H groups in total. The largest absolute Gasteiger partial charge is 0.375 e. The summed E-state index contributed by atoms with van der Waals surface area (Å²) < 4.78 is 6.96. The van der Waals surface area contributed by atoms with Crippen LogP contribution in [-0.2, 0) is 16.6 Å². The molecule has 0 spiro atoms. The average Bonchev–Trinajstić information content (AvgIpc) is 3.32. The molecule has 7 nitrogen and oxygen atoms in total. The second-order valence-corrected chi connectivity index (χ2v) is 7.46. The third-order valence-corrected chi connectivity index (χ3v) is 5.40. The number of nitrogens with zero attached hydrogens (tertiary/aromatic N) is 3. The van der Waals surface area contributed by atoms with Crippen molar-refractivity contribution in [1.82, 2.24) is 14.9 Å². The lowest BCUT2D eigenvalue weighted by molar-refractivity contribution is -0.119. The van der Waals surface area contributed by atoms with Crippen molar-refractivity contribution in [2.75, 3.05) is 23.9 Å². The van der Waals surface area contributed by atoms with E-state index in [0.29, 0.717) is 10.8 Å². The third kappa shape index (κ3) is 3.92. The van der Waals surface area contributed by atoms with Crippen molar-refractivity contribution in [2.24, 2.45) is 7.05 Å². The maximum absolute atomic E-state index is 11.8. The zero-order valence-corrected chi connectivity index (χ0v) is 17.6. The molecule has 4 rings (SSSR count). The monoisotopic (exact) mass is 421 g/mol. The minimum Gasteiger partial charge on any atom is -0.375 e. The van der Waals surface area contributed by atoms with Crippen molar-refractivity contribution in [1.29, 1.82) is 0 Å². The van der Waals surface area contributed by atoms with Crippen LogP contribution in [-0.4, -0.2) is 34.3 Å². The van der Waals surface area contributed by atoms with E-state index < -0.39 is 0 Å². The SMILES string of the molecule is COCC(=O)Nc1ccc(N2C(=S)N[C@@H](c3ccccn3)[C@@H]2c2cccn2C)cc1. The van der Waals surface area contributed by atoms with Gasteiger partial charge in [-0.25, -0.2) is 0 Å². The van der Waals surface area contributed by atoms with E-state index in [1.54, 1.807) is 6.20 Å². The van der Waals surface area contributed by atoms with E-state index in [1.807, 2.05) is 61.8 Å². The molecule has 154 valence electrons. The lowest BCUT2D eigenvalue weighted by Crippen LogP contribution is -2.30. The van der Waals surface area contributed by atoms with Crippen LogP contribution in [0.1, 0.15) is 23.5 Å². The van der Waals surface area contributed by atoms with Crippen molar-refractivity contribution in [2.45, 2.75) is 12.1 Å². The number of aryl methyl sites for hydroxylation is 1. The number of amides is 1. The standard InChI is InChI=1S/C22H23N5O2S/c1-26-13-5-7-18(26)21-20(17-6-3-4-12-23-17)25-22(30)27(21)16-10-8-15(9-11-16)24-19(28)14-29-2/h3-13,20-21H,14H2,1-2H3,(H,24,28)(H,25,30)/t20-,21-/m0/s1. The number of pyridine rings is 1. The second kappa shape index (κ2) is 8.64. The van der Waals surface area contributed by atoms with Gasteiger partial charge in [-0.1, -0.05) is 6.07 Å². The summed E-state index contributed by atoms with van der Waals surface area (Å²) in [4.78, 5) is 18.4. The van der Waals surface area contributed by atoms with E-state index in [-0.39, 0.29) is 24.6 Å². The zero-order valence-electron chi connectivity index (χ0n) is 16.8. The van der Waals surface area contributed by atoms with Gasteiger partial charge in [0.1, 0.15) is 12.6 Å². The summed E-state index contributed by atoms with van der Waals surface area (Å²) in [7, 11) is 3.52. The average molecular weight is 422 g/mol. The molecule has 2 aromatic heterocycles. The molecule has 30 heavy (non-hydrogen) atoms. The molecule has 1 amide bonds. The Morgan fingerprint density at radius 2 is 2.00 bits per heavy atom. The van der Waals surface area contributed by atoms with Crippen LogP contribution in [0.2, 0.25) is 0 Å². The van der Waals surface area contributed by atoms with Crippen molar-refractivity contribution in [3.8, 4) is 0 Å². The fourth-order valence-corrected chi connectivity index (χ4v) is 4.09. The molecule has 0 radical (unpaired) electrons. The van der Waals surface area contributed by atoms with Gasteiger partial charge in [-0.3, -0.25) is 9.78 Å². The summed E-state index contributed by atoms with van der Waals surface area (Å²) in [6, 6.07) is 17.5. The van der Waals surface area contributed by atoms with Crippen molar-refractivity contribution >= 4 is 34.6 Å². The Bertz CT molecular complexity index is 1040. The first-order valence-electron chi connectivity index (χ1n) is 9.59. The quantitative estimate of drug-likeness (QED) is 0.596. The Morgan fingerprint density at radius 1 is 1.20 bits per heavy atom. The molecule has 3 heterocycles. The number of rotatable bonds is 6. The Kier molecular flexibility index (Phi) is 5.78. The summed E-state index contributed by atoms with van der Waals surface area (Å²) in [6.07, 6.45) is 3.82. The molecule has 1 saturated heterocycles. The van der Waals surface area contributed by atoms with E-state index in [2.05, 4.69) is 31.2 Å². The van der Waals surface area contributed by atoms with Gasteiger partial charge in [0.15, 0.2) is 5.11 Å². The molecule has 0 aliphatic carbocycles. The maximum Gasteiger partial charge on any atom is 0.250 e. The molecule has 1 aromatic carbocycles.